The molecule has 0 bridgehead atoms. The summed E-state index contributed by atoms with van der Waals surface area (Å²) in [4.78, 5) is 15.2. The van der Waals surface area contributed by atoms with Crippen LogP contribution in [0.3, 0.4) is 0 Å². The number of nitrogens with zero attached hydrogens (tertiary/aromatic N) is 2. The van der Waals surface area contributed by atoms with Crippen LogP contribution in [0.15, 0.2) is 28.3 Å². The van der Waals surface area contributed by atoms with Crippen molar-refractivity contribution in [2.45, 2.75) is 6.54 Å². The third-order valence-corrected chi connectivity index (χ3v) is 4.18. The number of hydrogen-bond acceptors (Lipinski definition) is 4. The lowest BCUT2D eigenvalue weighted by Gasteiger charge is -2.21. The van der Waals surface area contributed by atoms with Crippen molar-refractivity contribution in [2.75, 3.05) is 20.3 Å². The van der Waals surface area contributed by atoms with Crippen molar-refractivity contribution in [3.8, 4) is 0 Å². The van der Waals surface area contributed by atoms with Gasteiger partial charge in [0.05, 0.1) is 28.7 Å². The molecule has 0 aliphatic rings. The molecule has 0 atom stereocenters. The molecule has 0 aliphatic carbocycles. The predicted octanol–water partition coefficient (Wildman–Crippen LogP) is 2.52. The zero-order valence-electron chi connectivity index (χ0n) is 10.4. The van der Waals surface area contributed by atoms with Gasteiger partial charge in [0.25, 0.3) is 5.91 Å². The first kappa shape index (κ1) is 14.2. The topological polar surface area (TPSA) is 58.2 Å². The number of rotatable bonds is 6. The van der Waals surface area contributed by atoms with Gasteiger partial charge in [0, 0.05) is 24.7 Å². The second-order valence-corrected chi connectivity index (χ2v) is 6.46. The minimum atomic E-state index is -0.0460. The molecule has 2 heterocycles. The number of H-pyrrole nitrogens is 1. The highest BCUT2D eigenvalue weighted by Gasteiger charge is 2.17. The maximum atomic E-state index is 12.3. The molecule has 2 aromatic heterocycles. The molecule has 0 aliphatic heterocycles. The zero-order valence-corrected chi connectivity index (χ0v) is 12.8. The molecule has 0 aromatic carbocycles. The lowest BCUT2D eigenvalue weighted by molar-refractivity contribution is 0.0682. The minimum Gasteiger partial charge on any atom is -0.383 e. The molecule has 1 N–H and O–H groups in total. The molecule has 0 spiro atoms. The summed E-state index contributed by atoms with van der Waals surface area (Å²) in [5, 5.41) is 6.46. The fraction of sp³-hybridized carbons (Fsp3) is 0.333. The van der Waals surface area contributed by atoms with Crippen LogP contribution in [0.25, 0.3) is 0 Å². The van der Waals surface area contributed by atoms with Crippen molar-refractivity contribution in [2.24, 2.45) is 0 Å². The Morgan fingerprint density at radius 3 is 3.00 bits per heavy atom. The molecule has 7 heteroatoms. The smallest absolute Gasteiger partial charge is 0.257 e. The van der Waals surface area contributed by atoms with Gasteiger partial charge in [0.1, 0.15) is 0 Å². The van der Waals surface area contributed by atoms with Crippen molar-refractivity contribution in [3.63, 3.8) is 0 Å². The molecule has 1 amide bonds. The molecule has 0 saturated heterocycles. The fourth-order valence-electron chi connectivity index (χ4n) is 1.63. The standard InChI is InChI=1S/C12H14BrN3O2S/c1-18-5-4-16(8-10-2-3-11(13)19-10)12(17)9-6-14-15-7-9/h2-3,6-7H,4-5,8H2,1H3,(H,14,15). The Balaban J connectivity index is 2.09. The molecule has 0 radical (unpaired) electrons. The number of aromatic nitrogens is 2. The van der Waals surface area contributed by atoms with E-state index in [-0.39, 0.29) is 5.91 Å². The monoisotopic (exact) mass is 343 g/mol. The Kier molecular flexibility index (Phi) is 5.12. The van der Waals surface area contributed by atoms with E-state index in [1.54, 1.807) is 29.5 Å². The van der Waals surface area contributed by atoms with Crippen LogP contribution in [-0.2, 0) is 11.3 Å². The number of methoxy groups -OCH3 is 1. The van der Waals surface area contributed by atoms with Crippen LogP contribution in [0.2, 0.25) is 0 Å². The molecule has 0 fully saturated rings. The number of nitrogens with one attached hydrogen (secondary N) is 1. The summed E-state index contributed by atoms with van der Waals surface area (Å²) in [6.07, 6.45) is 3.14. The van der Waals surface area contributed by atoms with Crippen molar-refractivity contribution in [1.82, 2.24) is 15.1 Å². The van der Waals surface area contributed by atoms with E-state index >= 15 is 0 Å². The first-order chi connectivity index (χ1) is 9.20. The van der Waals surface area contributed by atoms with Crippen LogP contribution >= 0.6 is 27.3 Å². The normalized spacial score (nSPS) is 10.6. The molecular formula is C12H14BrN3O2S. The molecule has 2 aromatic rings. The maximum Gasteiger partial charge on any atom is 0.257 e. The van der Waals surface area contributed by atoms with E-state index in [2.05, 4.69) is 26.1 Å². The predicted molar refractivity (Wildman–Crippen MR) is 77.2 cm³/mol. The number of hydrogen-bond donors (Lipinski definition) is 1. The summed E-state index contributed by atoms with van der Waals surface area (Å²) in [6, 6.07) is 3.99. The van der Waals surface area contributed by atoms with Gasteiger partial charge >= 0.3 is 0 Å². The van der Waals surface area contributed by atoms with E-state index in [9.17, 15) is 4.79 Å². The summed E-state index contributed by atoms with van der Waals surface area (Å²) in [5.74, 6) is -0.0460. The molecule has 0 unspecified atom stereocenters. The van der Waals surface area contributed by atoms with Crippen LogP contribution in [-0.4, -0.2) is 41.3 Å². The van der Waals surface area contributed by atoms with Crippen molar-refractivity contribution >= 4 is 33.2 Å². The van der Waals surface area contributed by atoms with Crippen molar-refractivity contribution in [3.05, 3.63) is 38.8 Å². The van der Waals surface area contributed by atoms with Crippen LogP contribution < -0.4 is 0 Å². The van der Waals surface area contributed by atoms with Crippen molar-refractivity contribution in [1.29, 1.82) is 0 Å². The van der Waals surface area contributed by atoms with E-state index in [1.807, 2.05) is 12.1 Å². The average molecular weight is 344 g/mol. The Bertz CT molecular complexity index is 527. The van der Waals surface area contributed by atoms with E-state index in [0.29, 0.717) is 25.3 Å². The van der Waals surface area contributed by atoms with E-state index < -0.39 is 0 Å². The third-order valence-electron chi connectivity index (χ3n) is 2.57. The molecule has 102 valence electrons. The van der Waals surface area contributed by atoms with Crippen LogP contribution in [0.4, 0.5) is 0 Å². The van der Waals surface area contributed by atoms with Gasteiger partial charge in [0.2, 0.25) is 0 Å². The van der Waals surface area contributed by atoms with Gasteiger partial charge in [0.15, 0.2) is 0 Å². The molecule has 19 heavy (non-hydrogen) atoms. The van der Waals surface area contributed by atoms with Gasteiger partial charge < -0.3 is 9.64 Å². The van der Waals surface area contributed by atoms with Crippen LogP contribution in [0.1, 0.15) is 15.2 Å². The van der Waals surface area contributed by atoms with Gasteiger partial charge in [-0.1, -0.05) is 0 Å². The van der Waals surface area contributed by atoms with Gasteiger partial charge in [-0.25, -0.2) is 0 Å². The number of carbonyl (C=O) groups excluding carboxylic acids is 1. The van der Waals surface area contributed by atoms with E-state index in [0.717, 1.165) is 8.66 Å². The van der Waals surface area contributed by atoms with E-state index in [4.69, 9.17) is 4.74 Å². The largest absolute Gasteiger partial charge is 0.383 e. The lowest BCUT2D eigenvalue weighted by atomic mass is 10.3. The Morgan fingerprint density at radius 1 is 1.58 bits per heavy atom. The fourth-order valence-corrected chi connectivity index (χ4v) is 3.13. The summed E-state index contributed by atoms with van der Waals surface area (Å²) < 4.78 is 6.12. The number of amides is 1. The third kappa shape index (κ3) is 3.89. The summed E-state index contributed by atoms with van der Waals surface area (Å²) in [7, 11) is 1.63. The maximum absolute atomic E-state index is 12.3. The lowest BCUT2D eigenvalue weighted by Crippen LogP contribution is -2.33. The van der Waals surface area contributed by atoms with Gasteiger partial charge in [-0.3, -0.25) is 9.89 Å². The summed E-state index contributed by atoms with van der Waals surface area (Å²) >= 11 is 5.05. The highest BCUT2D eigenvalue weighted by molar-refractivity contribution is 9.11. The van der Waals surface area contributed by atoms with Gasteiger partial charge in [-0.2, -0.15) is 5.10 Å². The zero-order chi connectivity index (χ0) is 13.7. The number of carbonyl (C=O) groups is 1. The molecule has 2 rings (SSSR count). The number of halogens is 1. The van der Waals surface area contributed by atoms with E-state index in [1.165, 1.54) is 6.20 Å². The van der Waals surface area contributed by atoms with Crippen molar-refractivity contribution < 1.29 is 9.53 Å². The Labute approximate surface area is 123 Å². The first-order valence-corrected chi connectivity index (χ1v) is 7.33. The number of aromatic amines is 1. The second-order valence-electron chi connectivity index (χ2n) is 3.91. The number of thiophene rings is 1. The highest BCUT2D eigenvalue weighted by atomic mass is 79.9. The minimum absolute atomic E-state index is 0.0460. The molecule has 5 nitrogen and oxygen atoms in total. The number of ether oxygens (including phenoxy) is 1. The highest BCUT2D eigenvalue weighted by Crippen LogP contribution is 2.23. The molecular weight excluding hydrogens is 330 g/mol. The van der Waals surface area contributed by atoms with Gasteiger partial charge in [-0.05, 0) is 28.1 Å². The molecule has 0 saturated carbocycles. The SMILES string of the molecule is COCCN(Cc1ccc(Br)s1)C(=O)c1cn[nH]c1. The van der Waals surface area contributed by atoms with Gasteiger partial charge in [-0.15, -0.1) is 11.3 Å². The summed E-state index contributed by atoms with van der Waals surface area (Å²) in [6.45, 7) is 1.63. The summed E-state index contributed by atoms with van der Waals surface area (Å²) in [5.41, 5.74) is 0.562. The Morgan fingerprint density at radius 2 is 2.42 bits per heavy atom. The van der Waals surface area contributed by atoms with Crippen LogP contribution in [0.5, 0.6) is 0 Å². The Hall–Kier alpha value is -1.18. The van der Waals surface area contributed by atoms with Crippen LogP contribution in [0, 0.1) is 0 Å². The second kappa shape index (κ2) is 6.83. The quantitative estimate of drug-likeness (QED) is 0.876. The average Bonchev–Trinajstić information content (AvgIpc) is 3.05. The first-order valence-electron chi connectivity index (χ1n) is 5.72.